The molecule has 3 aromatic rings. The highest BCUT2D eigenvalue weighted by Crippen LogP contribution is 2.37. The lowest BCUT2D eigenvalue weighted by atomic mass is 9.84. The number of halogens is 2. The summed E-state index contributed by atoms with van der Waals surface area (Å²) in [5.41, 5.74) is 2.32. The van der Waals surface area contributed by atoms with Crippen molar-refractivity contribution in [2.45, 2.75) is 33.1 Å². The SMILES string of the molecule is CCN(C)C=Nc1cc(C)c(Oc2nc(C(C)(C)c3ccc(Cl)cc3)ns2)cc1Cl. The fourth-order valence-corrected chi connectivity index (χ4v) is 3.71. The van der Waals surface area contributed by atoms with Crippen LogP contribution in [0.4, 0.5) is 5.69 Å². The first kappa shape index (κ1) is 22.5. The monoisotopic (exact) mass is 462 g/mol. The Balaban J connectivity index is 1.81. The summed E-state index contributed by atoms with van der Waals surface area (Å²) in [6.45, 7) is 9.02. The maximum atomic E-state index is 6.41. The van der Waals surface area contributed by atoms with Crippen molar-refractivity contribution in [2.24, 2.45) is 4.99 Å². The van der Waals surface area contributed by atoms with Gasteiger partial charge in [0.1, 0.15) is 5.75 Å². The van der Waals surface area contributed by atoms with Crippen molar-refractivity contribution in [1.29, 1.82) is 0 Å². The van der Waals surface area contributed by atoms with Crippen LogP contribution in [0.1, 0.15) is 37.7 Å². The van der Waals surface area contributed by atoms with E-state index in [0.29, 0.717) is 32.5 Å². The molecule has 0 aliphatic heterocycles. The highest BCUT2D eigenvalue weighted by molar-refractivity contribution is 7.07. The summed E-state index contributed by atoms with van der Waals surface area (Å²) in [4.78, 5) is 11.0. The van der Waals surface area contributed by atoms with Crippen molar-refractivity contribution in [3.05, 3.63) is 63.4 Å². The van der Waals surface area contributed by atoms with E-state index in [2.05, 4.69) is 35.1 Å². The smallest absolute Gasteiger partial charge is 0.298 e. The number of rotatable bonds is 7. The molecular weight excluding hydrogens is 439 g/mol. The quantitative estimate of drug-likeness (QED) is 0.283. The zero-order valence-electron chi connectivity index (χ0n) is 17.6. The van der Waals surface area contributed by atoms with Crippen LogP contribution in [-0.4, -0.2) is 34.2 Å². The standard InChI is InChI=1S/C22H24Cl2N4OS/c1-6-28(5)13-25-18-11-14(2)19(12-17(18)24)29-21-26-20(27-30-21)22(3,4)15-7-9-16(23)10-8-15/h7-13H,6H2,1-5H3. The van der Waals surface area contributed by atoms with Gasteiger partial charge in [0.2, 0.25) is 0 Å². The minimum Gasteiger partial charge on any atom is -0.430 e. The number of aryl methyl sites for hydroxylation is 1. The maximum absolute atomic E-state index is 6.41. The van der Waals surface area contributed by atoms with Gasteiger partial charge in [0.05, 0.1) is 22.5 Å². The number of benzene rings is 2. The van der Waals surface area contributed by atoms with Crippen LogP contribution in [0.5, 0.6) is 10.9 Å². The topological polar surface area (TPSA) is 50.6 Å². The van der Waals surface area contributed by atoms with Crippen LogP contribution in [-0.2, 0) is 5.41 Å². The summed E-state index contributed by atoms with van der Waals surface area (Å²) in [5, 5.41) is 1.68. The van der Waals surface area contributed by atoms with Crippen LogP contribution >= 0.6 is 34.7 Å². The van der Waals surface area contributed by atoms with Gasteiger partial charge in [-0.05, 0) is 57.0 Å². The normalized spacial score (nSPS) is 11.8. The molecule has 1 aromatic heterocycles. The molecule has 0 radical (unpaired) electrons. The predicted molar refractivity (Wildman–Crippen MR) is 126 cm³/mol. The summed E-state index contributed by atoms with van der Waals surface area (Å²) in [6, 6.07) is 11.4. The van der Waals surface area contributed by atoms with E-state index in [1.54, 1.807) is 12.4 Å². The van der Waals surface area contributed by atoms with Crippen LogP contribution in [0.2, 0.25) is 10.0 Å². The number of hydrogen-bond donors (Lipinski definition) is 0. The molecule has 0 bridgehead atoms. The van der Waals surface area contributed by atoms with E-state index in [-0.39, 0.29) is 5.41 Å². The molecule has 0 saturated heterocycles. The number of aromatic nitrogens is 2. The van der Waals surface area contributed by atoms with E-state index in [1.807, 2.05) is 49.2 Å². The molecule has 0 spiro atoms. The molecule has 0 saturated carbocycles. The Morgan fingerprint density at radius 1 is 1.20 bits per heavy atom. The van der Waals surface area contributed by atoms with Crippen molar-refractivity contribution in [3.8, 4) is 10.9 Å². The summed E-state index contributed by atoms with van der Waals surface area (Å²) in [5.74, 6) is 1.33. The molecule has 0 aliphatic rings. The van der Waals surface area contributed by atoms with Gasteiger partial charge in [0, 0.05) is 36.2 Å². The lowest BCUT2D eigenvalue weighted by molar-refractivity contribution is 0.468. The summed E-state index contributed by atoms with van der Waals surface area (Å²) in [7, 11) is 1.96. The zero-order chi connectivity index (χ0) is 21.9. The fourth-order valence-electron chi connectivity index (χ4n) is 2.69. The van der Waals surface area contributed by atoms with E-state index < -0.39 is 0 Å². The summed E-state index contributed by atoms with van der Waals surface area (Å²) >= 11 is 13.6. The third kappa shape index (κ3) is 5.12. The van der Waals surface area contributed by atoms with Crippen LogP contribution in [0.15, 0.2) is 41.4 Å². The zero-order valence-corrected chi connectivity index (χ0v) is 19.9. The van der Waals surface area contributed by atoms with E-state index in [0.717, 1.165) is 17.7 Å². The number of aliphatic imine (C=N–C) groups is 1. The first-order chi connectivity index (χ1) is 14.2. The molecule has 0 unspecified atom stereocenters. The fraction of sp³-hybridized carbons (Fsp3) is 0.318. The van der Waals surface area contributed by atoms with Crippen molar-refractivity contribution in [2.75, 3.05) is 13.6 Å². The molecule has 8 heteroatoms. The molecule has 2 aromatic carbocycles. The largest absolute Gasteiger partial charge is 0.430 e. The molecule has 3 rings (SSSR count). The van der Waals surface area contributed by atoms with Crippen LogP contribution < -0.4 is 4.74 Å². The lowest BCUT2D eigenvalue weighted by Gasteiger charge is -2.21. The number of ether oxygens (including phenoxy) is 1. The van der Waals surface area contributed by atoms with Gasteiger partial charge in [-0.1, -0.05) is 35.3 Å². The Hall–Kier alpha value is -2.15. The van der Waals surface area contributed by atoms with E-state index >= 15 is 0 Å². The molecular formula is C22H24Cl2N4OS. The van der Waals surface area contributed by atoms with Gasteiger partial charge in [-0.25, -0.2) is 4.99 Å². The Morgan fingerprint density at radius 3 is 2.57 bits per heavy atom. The molecule has 1 heterocycles. The average Bonchev–Trinajstić information content (AvgIpc) is 3.19. The average molecular weight is 463 g/mol. The molecule has 30 heavy (non-hydrogen) atoms. The van der Waals surface area contributed by atoms with Gasteiger partial charge in [0.15, 0.2) is 5.82 Å². The predicted octanol–water partition coefficient (Wildman–Crippen LogP) is 6.88. The number of nitrogens with zero attached hydrogens (tertiary/aromatic N) is 4. The minimum absolute atomic E-state index is 0.376. The summed E-state index contributed by atoms with van der Waals surface area (Å²) in [6.07, 6.45) is 1.76. The van der Waals surface area contributed by atoms with Gasteiger partial charge < -0.3 is 9.64 Å². The van der Waals surface area contributed by atoms with Crippen molar-refractivity contribution in [3.63, 3.8) is 0 Å². The van der Waals surface area contributed by atoms with Crippen LogP contribution in [0, 0.1) is 6.92 Å². The molecule has 0 aliphatic carbocycles. The van der Waals surface area contributed by atoms with Crippen molar-refractivity contribution >= 4 is 46.8 Å². The second kappa shape index (κ2) is 9.33. The van der Waals surface area contributed by atoms with Crippen LogP contribution in [0.3, 0.4) is 0 Å². The maximum Gasteiger partial charge on any atom is 0.298 e. The van der Waals surface area contributed by atoms with Gasteiger partial charge in [0.25, 0.3) is 5.19 Å². The lowest BCUT2D eigenvalue weighted by Crippen LogP contribution is -2.20. The Labute approximate surface area is 191 Å². The summed E-state index contributed by atoms with van der Waals surface area (Å²) < 4.78 is 10.5. The Bertz CT molecular complexity index is 1050. The molecule has 158 valence electrons. The first-order valence-corrected chi connectivity index (χ1v) is 11.1. The molecule has 0 amide bonds. The minimum atomic E-state index is -0.376. The number of hydrogen-bond acceptors (Lipinski definition) is 5. The van der Waals surface area contributed by atoms with Crippen LogP contribution in [0.25, 0.3) is 0 Å². The second-order valence-electron chi connectivity index (χ2n) is 7.50. The van der Waals surface area contributed by atoms with E-state index in [4.69, 9.17) is 27.9 Å². The highest BCUT2D eigenvalue weighted by atomic mass is 35.5. The van der Waals surface area contributed by atoms with Gasteiger partial charge in [-0.3, -0.25) is 0 Å². The Morgan fingerprint density at radius 2 is 1.90 bits per heavy atom. The molecule has 5 nitrogen and oxygen atoms in total. The second-order valence-corrected chi connectivity index (χ2v) is 9.06. The van der Waals surface area contributed by atoms with E-state index in [1.165, 1.54) is 11.5 Å². The first-order valence-electron chi connectivity index (χ1n) is 9.53. The van der Waals surface area contributed by atoms with Crippen molar-refractivity contribution < 1.29 is 4.74 Å². The van der Waals surface area contributed by atoms with E-state index in [9.17, 15) is 0 Å². The highest BCUT2D eigenvalue weighted by Gasteiger charge is 2.28. The third-order valence-corrected chi connectivity index (χ3v) is 6.02. The van der Waals surface area contributed by atoms with Gasteiger partial charge in [-0.2, -0.15) is 9.36 Å². The third-order valence-electron chi connectivity index (χ3n) is 4.87. The molecule has 0 fully saturated rings. The van der Waals surface area contributed by atoms with Gasteiger partial charge in [-0.15, -0.1) is 0 Å². The van der Waals surface area contributed by atoms with Crippen molar-refractivity contribution in [1.82, 2.24) is 14.3 Å². The molecule has 0 N–H and O–H groups in total. The Kier molecular flexibility index (Phi) is 7.01. The van der Waals surface area contributed by atoms with Gasteiger partial charge >= 0.3 is 0 Å². The molecule has 0 atom stereocenters.